The first-order chi connectivity index (χ1) is 14.6. The Morgan fingerprint density at radius 2 is 1.97 bits per heavy atom. The summed E-state index contributed by atoms with van der Waals surface area (Å²) in [5, 5.41) is 3.38. The Hall–Kier alpha value is -3.09. The van der Waals surface area contributed by atoms with Gasteiger partial charge in [-0.05, 0) is 31.4 Å². The number of hydrogen-bond acceptors (Lipinski definition) is 4. The first-order valence-corrected chi connectivity index (χ1v) is 10.6. The summed E-state index contributed by atoms with van der Waals surface area (Å²) in [5.74, 6) is 1.59. The number of nitrogens with zero attached hydrogens (tertiary/aromatic N) is 4. The summed E-state index contributed by atoms with van der Waals surface area (Å²) in [4.78, 5) is 25.3. The molecule has 0 aliphatic carbocycles. The molecule has 2 aromatic rings. The number of guanidine groups is 1. The third kappa shape index (κ3) is 5.72. The summed E-state index contributed by atoms with van der Waals surface area (Å²) < 4.78 is 0. The van der Waals surface area contributed by atoms with Crippen molar-refractivity contribution in [3.8, 4) is 0 Å². The van der Waals surface area contributed by atoms with E-state index in [9.17, 15) is 4.79 Å². The van der Waals surface area contributed by atoms with Gasteiger partial charge < -0.3 is 20.9 Å². The van der Waals surface area contributed by atoms with Crippen LogP contribution in [0.25, 0.3) is 0 Å². The van der Waals surface area contributed by atoms with Gasteiger partial charge in [-0.25, -0.2) is 9.98 Å². The minimum Gasteiger partial charge on any atom is -0.369 e. The molecule has 0 bridgehead atoms. The first-order valence-electron chi connectivity index (χ1n) is 10.6. The standard InChI is InChI=1S/C23H32N6O/c1-3-25-23(28(2)17-18-8-5-4-6-9-18)27-16-20-10-7-13-26-22(20)29-14-11-19(12-15-29)21(24)30/h4-10,13,19H,3,11-12,14-17H2,1-2H3,(H2,24,30)(H,25,27). The van der Waals surface area contributed by atoms with E-state index in [1.807, 2.05) is 25.4 Å². The number of nitrogens with two attached hydrogens (primary N) is 1. The number of anilines is 1. The number of pyridine rings is 1. The van der Waals surface area contributed by atoms with Gasteiger partial charge >= 0.3 is 0 Å². The van der Waals surface area contributed by atoms with E-state index in [4.69, 9.17) is 10.7 Å². The van der Waals surface area contributed by atoms with Crippen LogP contribution in [-0.2, 0) is 17.9 Å². The van der Waals surface area contributed by atoms with Gasteiger partial charge in [-0.1, -0.05) is 36.4 Å². The van der Waals surface area contributed by atoms with E-state index >= 15 is 0 Å². The van der Waals surface area contributed by atoms with Crippen LogP contribution in [0.4, 0.5) is 5.82 Å². The van der Waals surface area contributed by atoms with Crippen molar-refractivity contribution >= 4 is 17.7 Å². The lowest BCUT2D eigenvalue weighted by molar-refractivity contribution is -0.122. The summed E-state index contributed by atoms with van der Waals surface area (Å²) in [6.07, 6.45) is 3.36. The Bertz CT molecular complexity index is 846. The number of aromatic nitrogens is 1. The summed E-state index contributed by atoms with van der Waals surface area (Å²) >= 11 is 0. The normalized spacial score (nSPS) is 15.1. The molecule has 0 spiro atoms. The van der Waals surface area contributed by atoms with Crippen molar-refractivity contribution in [2.24, 2.45) is 16.6 Å². The molecule has 7 nitrogen and oxygen atoms in total. The number of hydrogen-bond donors (Lipinski definition) is 2. The van der Waals surface area contributed by atoms with Crippen LogP contribution >= 0.6 is 0 Å². The van der Waals surface area contributed by atoms with Gasteiger partial charge in [0.05, 0.1) is 6.54 Å². The van der Waals surface area contributed by atoms with Crippen LogP contribution < -0.4 is 16.0 Å². The minimum atomic E-state index is -0.197. The molecule has 1 aromatic heterocycles. The molecule has 2 heterocycles. The van der Waals surface area contributed by atoms with E-state index in [-0.39, 0.29) is 11.8 Å². The Kier molecular flexibility index (Phi) is 7.65. The van der Waals surface area contributed by atoms with Gasteiger partial charge in [-0.3, -0.25) is 4.79 Å². The quantitative estimate of drug-likeness (QED) is 0.543. The zero-order valence-electron chi connectivity index (χ0n) is 17.9. The number of rotatable bonds is 7. The Morgan fingerprint density at radius 3 is 2.63 bits per heavy atom. The van der Waals surface area contributed by atoms with Gasteiger partial charge in [0.15, 0.2) is 5.96 Å². The smallest absolute Gasteiger partial charge is 0.220 e. The lowest BCUT2D eigenvalue weighted by Gasteiger charge is -2.32. The molecule has 0 unspecified atom stereocenters. The first kappa shape index (κ1) is 21.6. The van der Waals surface area contributed by atoms with E-state index in [2.05, 4.69) is 57.4 Å². The second kappa shape index (κ2) is 10.6. The van der Waals surface area contributed by atoms with E-state index in [0.29, 0.717) is 6.54 Å². The highest BCUT2D eigenvalue weighted by Crippen LogP contribution is 2.25. The average molecular weight is 409 g/mol. The number of carbonyl (C=O) groups is 1. The average Bonchev–Trinajstić information content (AvgIpc) is 2.77. The second-order valence-corrected chi connectivity index (χ2v) is 7.66. The number of amides is 1. The molecule has 7 heteroatoms. The van der Waals surface area contributed by atoms with Gasteiger partial charge in [-0.15, -0.1) is 0 Å². The molecule has 0 saturated carbocycles. The van der Waals surface area contributed by atoms with Crippen molar-refractivity contribution in [3.63, 3.8) is 0 Å². The molecule has 160 valence electrons. The zero-order valence-corrected chi connectivity index (χ0v) is 17.9. The lowest BCUT2D eigenvalue weighted by atomic mass is 9.96. The molecule has 3 rings (SSSR count). The van der Waals surface area contributed by atoms with Crippen molar-refractivity contribution in [2.75, 3.05) is 31.6 Å². The Morgan fingerprint density at radius 1 is 1.23 bits per heavy atom. The van der Waals surface area contributed by atoms with Crippen molar-refractivity contribution in [1.82, 2.24) is 15.2 Å². The summed E-state index contributed by atoms with van der Waals surface area (Å²) in [5.41, 5.74) is 7.79. The number of benzene rings is 1. The minimum absolute atomic E-state index is 0.0292. The van der Waals surface area contributed by atoms with E-state index in [0.717, 1.165) is 56.4 Å². The third-order valence-corrected chi connectivity index (χ3v) is 5.42. The van der Waals surface area contributed by atoms with Crippen LogP contribution in [0.3, 0.4) is 0 Å². The maximum absolute atomic E-state index is 11.5. The predicted octanol–water partition coefficient (Wildman–Crippen LogP) is 2.38. The fourth-order valence-corrected chi connectivity index (χ4v) is 3.78. The maximum atomic E-state index is 11.5. The topological polar surface area (TPSA) is 86.9 Å². The molecule has 0 radical (unpaired) electrons. The monoisotopic (exact) mass is 408 g/mol. The van der Waals surface area contributed by atoms with E-state index in [1.54, 1.807) is 0 Å². The molecule has 1 aliphatic rings. The van der Waals surface area contributed by atoms with Gasteiger partial charge in [0.2, 0.25) is 5.91 Å². The van der Waals surface area contributed by atoms with Crippen molar-refractivity contribution in [3.05, 3.63) is 59.8 Å². The van der Waals surface area contributed by atoms with Gasteiger partial charge in [0.1, 0.15) is 5.82 Å². The fraction of sp³-hybridized carbons (Fsp3) is 0.435. The van der Waals surface area contributed by atoms with Gasteiger partial charge in [0, 0.05) is 50.9 Å². The summed E-state index contributed by atoms with van der Waals surface area (Å²) in [7, 11) is 2.05. The molecular weight excluding hydrogens is 376 g/mol. The van der Waals surface area contributed by atoms with Crippen molar-refractivity contribution in [1.29, 1.82) is 0 Å². The number of carbonyl (C=O) groups excluding carboxylic acids is 1. The van der Waals surface area contributed by atoms with Gasteiger partial charge in [-0.2, -0.15) is 0 Å². The Labute approximate surface area is 179 Å². The third-order valence-electron chi connectivity index (χ3n) is 5.42. The van der Waals surface area contributed by atoms with Crippen molar-refractivity contribution < 1.29 is 4.79 Å². The van der Waals surface area contributed by atoms with Gasteiger partial charge in [0.25, 0.3) is 0 Å². The predicted molar refractivity (Wildman–Crippen MR) is 121 cm³/mol. The fourth-order valence-electron chi connectivity index (χ4n) is 3.78. The molecule has 1 aliphatic heterocycles. The van der Waals surface area contributed by atoms with Crippen LogP contribution in [0.1, 0.15) is 30.9 Å². The van der Waals surface area contributed by atoms with E-state index < -0.39 is 0 Å². The molecule has 1 amide bonds. The molecule has 1 fully saturated rings. The lowest BCUT2D eigenvalue weighted by Crippen LogP contribution is -2.39. The SMILES string of the molecule is CCNC(=NCc1cccnc1N1CCC(C(N)=O)CC1)N(C)Cc1ccccc1. The molecule has 30 heavy (non-hydrogen) atoms. The molecule has 0 atom stereocenters. The highest BCUT2D eigenvalue weighted by Gasteiger charge is 2.25. The zero-order chi connectivity index (χ0) is 21.3. The molecule has 1 aromatic carbocycles. The van der Waals surface area contributed by atoms with Crippen LogP contribution in [0, 0.1) is 5.92 Å². The summed E-state index contributed by atoms with van der Waals surface area (Å²) in [6.45, 7) is 5.78. The highest BCUT2D eigenvalue weighted by atomic mass is 16.1. The Balaban J connectivity index is 1.71. The molecule has 3 N–H and O–H groups in total. The molecular formula is C23H32N6O. The number of primary amides is 1. The van der Waals surface area contributed by atoms with Crippen molar-refractivity contribution in [2.45, 2.75) is 32.9 Å². The largest absolute Gasteiger partial charge is 0.369 e. The maximum Gasteiger partial charge on any atom is 0.220 e. The van der Waals surface area contributed by atoms with E-state index in [1.165, 1.54) is 5.56 Å². The molecule has 1 saturated heterocycles. The van der Waals surface area contributed by atoms with Crippen LogP contribution in [0.15, 0.2) is 53.7 Å². The highest BCUT2D eigenvalue weighted by molar-refractivity contribution is 5.80. The number of piperidine rings is 1. The van der Waals surface area contributed by atoms with Crippen LogP contribution in [-0.4, -0.2) is 48.4 Å². The number of nitrogens with one attached hydrogen (secondary N) is 1. The second-order valence-electron chi connectivity index (χ2n) is 7.66. The number of aliphatic imine (C=N–C) groups is 1. The van der Waals surface area contributed by atoms with Crippen LogP contribution in [0.5, 0.6) is 0 Å². The summed E-state index contributed by atoms with van der Waals surface area (Å²) in [6, 6.07) is 14.4. The van der Waals surface area contributed by atoms with Crippen LogP contribution in [0.2, 0.25) is 0 Å².